The van der Waals surface area contributed by atoms with Crippen LogP contribution in [-0.4, -0.2) is 8.42 Å². The zero-order valence-corrected chi connectivity index (χ0v) is 12.9. The zero-order chi connectivity index (χ0) is 14.9. The van der Waals surface area contributed by atoms with Gasteiger partial charge in [0.1, 0.15) is 5.82 Å². The minimum absolute atomic E-state index is 0.153. The van der Waals surface area contributed by atoms with Gasteiger partial charge in [0.2, 0.25) is 0 Å². The standard InChI is InChI=1S/C13H12BrFN2O2S/c1-8-2-3-9(16)6-13(8)17-20(18,19)10-4-5-11(14)12(15)7-10/h2-7,17H,16H2,1H3. The highest BCUT2D eigenvalue weighted by molar-refractivity contribution is 9.10. The molecule has 0 fully saturated rings. The average molecular weight is 359 g/mol. The van der Waals surface area contributed by atoms with Crippen LogP contribution in [0.4, 0.5) is 15.8 Å². The third-order valence-electron chi connectivity index (χ3n) is 2.71. The van der Waals surface area contributed by atoms with Crippen molar-refractivity contribution in [2.75, 3.05) is 10.5 Å². The first-order valence-corrected chi connectivity index (χ1v) is 7.91. The maximum Gasteiger partial charge on any atom is 0.262 e. The van der Waals surface area contributed by atoms with E-state index in [-0.39, 0.29) is 9.37 Å². The summed E-state index contributed by atoms with van der Waals surface area (Å²) in [7, 11) is -3.86. The third kappa shape index (κ3) is 3.10. The Morgan fingerprint density at radius 1 is 1.20 bits per heavy atom. The predicted octanol–water partition coefficient (Wildman–Crippen LogP) is 3.28. The molecule has 0 aliphatic heterocycles. The fourth-order valence-electron chi connectivity index (χ4n) is 1.60. The SMILES string of the molecule is Cc1ccc(N)cc1NS(=O)(=O)c1ccc(Br)c(F)c1. The molecule has 0 heterocycles. The molecular weight excluding hydrogens is 347 g/mol. The van der Waals surface area contributed by atoms with Gasteiger partial charge in [0.25, 0.3) is 10.0 Å². The topological polar surface area (TPSA) is 72.2 Å². The number of nitrogens with two attached hydrogens (primary N) is 1. The summed E-state index contributed by atoms with van der Waals surface area (Å²) in [6.07, 6.45) is 0. The summed E-state index contributed by atoms with van der Waals surface area (Å²) < 4.78 is 40.4. The molecule has 20 heavy (non-hydrogen) atoms. The van der Waals surface area contributed by atoms with Crippen molar-refractivity contribution in [3.05, 3.63) is 52.3 Å². The minimum Gasteiger partial charge on any atom is -0.399 e. The maximum atomic E-state index is 13.4. The van der Waals surface area contributed by atoms with Gasteiger partial charge in [-0.15, -0.1) is 0 Å². The maximum absolute atomic E-state index is 13.4. The van der Waals surface area contributed by atoms with E-state index < -0.39 is 15.8 Å². The van der Waals surface area contributed by atoms with Crippen molar-refractivity contribution < 1.29 is 12.8 Å². The second kappa shape index (κ2) is 5.41. The number of nitrogen functional groups attached to an aromatic ring is 1. The van der Waals surface area contributed by atoms with Gasteiger partial charge in [-0.1, -0.05) is 6.07 Å². The van der Waals surface area contributed by atoms with Gasteiger partial charge in [0, 0.05) is 5.69 Å². The van der Waals surface area contributed by atoms with Crippen LogP contribution in [-0.2, 0) is 10.0 Å². The summed E-state index contributed by atoms with van der Waals surface area (Å²) in [6, 6.07) is 8.51. The first-order chi connectivity index (χ1) is 9.29. The lowest BCUT2D eigenvalue weighted by molar-refractivity contribution is 0.593. The molecule has 0 unspecified atom stereocenters. The van der Waals surface area contributed by atoms with Crippen molar-refractivity contribution in [3.63, 3.8) is 0 Å². The highest BCUT2D eigenvalue weighted by atomic mass is 79.9. The molecule has 0 aromatic heterocycles. The summed E-state index contributed by atoms with van der Waals surface area (Å²) >= 11 is 2.98. The summed E-state index contributed by atoms with van der Waals surface area (Å²) in [5.74, 6) is -0.642. The Balaban J connectivity index is 2.40. The molecule has 2 aromatic carbocycles. The van der Waals surface area contributed by atoms with Crippen LogP contribution in [0.15, 0.2) is 45.8 Å². The van der Waals surface area contributed by atoms with Gasteiger partial charge >= 0.3 is 0 Å². The summed E-state index contributed by atoms with van der Waals surface area (Å²) in [4.78, 5) is -0.153. The van der Waals surface area contributed by atoms with Crippen LogP contribution >= 0.6 is 15.9 Å². The summed E-state index contributed by atoms with van der Waals surface area (Å²) in [5.41, 5.74) is 7.16. The lowest BCUT2D eigenvalue weighted by atomic mass is 10.2. The number of rotatable bonds is 3. The number of benzene rings is 2. The molecule has 0 saturated carbocycles. The zero-order valence-electron chi connectivity index (χ0n) is 10.5. The smallest absolute Gasteiger partial charge is 0.262 e. The minimum atomic E-state index is -3.86. The van der Waals surface area contributed by atoms with Crippen LogP contribution in [0, 0.1) is 12.7 Å². The van der Waals surface area contributed by atoms with Crippen LogP contribution < -0.4 is 10.5 Å². The molecule has 106 valence electrons. The normalized spacial score (nSPS) is 11.3. The van der Waals surface area contributed by atoms with Crippen LogP contribution in [0.2, 0.25) is 0 Å². The molecule has 0 spiro atoms. The Labute approximate surface area is 125 Å². The van der Waals surface area contributed by atoms with Crippen molar-refractivity contribution in [2.45, 2.75) is 11.8 Å². The predicted molar refractivity (Wildman–Crippen MR) is 80.5 cm³/mol. The Hall–Kier alpha value is -1.60. The lowest BCUT2D eigenvalue weighted by Gasteiger charge is -2.11. The van der Waals surface area contributed by atoms with Crippen molar-refractivity contribution in [1.82, 2.24) is 0 Å². The summed E-state index contributed by atoms with van der Waals surface area (Å²) in [6.45, 7) is 1.75. The molecule has 2 aromatic rings. The monoisotopic (exact) mass is 358 g/mol. The lowest BCUT2D eigenvalue weighted by Crippen LogP contribution is -2.14. The van der Waals surface area contributed by atoms with Crippen molar-refractivity contribution in [2.24, 2.45) is 0 Å². The molecule has 0 radical (unpaired) electrons. The Morgan fingerprint density at radius 2 is 1.90 bits per heavy atom. The van der Waals surface area contributed by atoms with Crippen molar-refractivity contribution in [3.8, 4) is 0 Å². The molecule has 4 nitrogen and oxygen atoms in total. The Morgan fingerprint density at radius 3 is 2.55 bits per heavy atom. The highest BCUT2D eigenvalue weighted by Gasteiger charge is 2.17. The van der Waals surface area contributed by atoms with E-state index in [0.717, 1.165) is 11.6 Å². The van der Waals surface area contributed by atoms with Crippen LogP contribution in [0.3, 0.4) is 0 Å². The first kappa shape index (κ1) is 14.8. The first-order valence-electron chi connectivity index (χ1n) is 5.63. The van der Waals surface area contributed by atoms with Crippen molar-refractivity contribution >= 4 is 37.3 Å². The number of sulfonamides is 1. The number of halogens is 2. The molecule has 0 bridgehead atoms. The number of hydrogen-bond acceptors (Lipinski definition) is 3. The van der Waals surface area contributed by atoms with Crippen LogP contribution in [0.25, 0.3) is 0 Å². The Kier molecular flexibility index (Phi) is 4.01. The van der Waals surface area contributed by atoms with E-state index in [1.165, 1.54) is 18.2 Å². The molecule has 0 aliphatic rings. The number of aryl methyl sites for hydroxylation is 1. The summed E-state index contributed by atoms with van der Waals surface area (Å²) in [5, 5.41) is 0. The van der Waals surface area contributed by atoms with E-state index in [1.54, 1.807) is 19.1 Å². The Bertz CT molecular complexity index is 763. The molecular formula is C13H12BrFN2O2S. The molecule has 0 saturated heterocycles. The molecule has 3 N–H and O–H groups in total. The van der Waals surface area contributed by atoms with Gasteiger partial charge in [-0.05, 0) is 58.7 Å². The van der Waals surface area contributed by atoms with E-state index in [9.17, 15) is 12.8 Å². The third-order valence-corrected chi connectivity index (χ3v) is 4.71. The number of nitrogens with one attached hydrogen (secondary N) is 1. The van der Waals surface area contributed by atoms with E-state index >= 15 is 0 Å². The molecule has 7 heteroatoms. The van der Waals surface area contributed by atoms with Crippen LogP contribution in [0.5, 0.6) is 0 Å². The number of anilines is 2. The van der Waals surface area contributed by atoms with Gasteiger partial charge in [-0.2, -0.15) is 0 Å². The van der Waals surface area contributed by atoms with Gasteiger partial charge in [-0.25, -0.2) is 12.8 Å². The fourth-order valence-corrected chi connectivity index (χ4v) is 2.98. The van der Waals surface area contributed by atoms with Gasteiger partial charge in [0.05, 0.1) is 15.1 Å². The molecule has 0 atom stereocenters. The highest BCUT2D eigenvalue weighted by Crippen LogP contribution is 2.24. The van der Waals surface area contributed by atoms with E-state index in [0.29, 0.717) is 11.4 Å². The second-order valence-electron chi connectivity index (χ2n) is 4.26. The quantitative estimate of drug-likeness (QED) is 0.827. The van der Waals surface area contributed by atoms with Crippen LogP contribution in [0.1, 0.15) is 5.56 Å². The van der Waals surface area contributed by atoms with E-state index in [4.69, 9.17) is 5.73 Å². The largest absolute Gasteiger partial charge is 0.399 e. The molecule has 0 amide bonds. The average Bonchev–Trinajstić information content (AvgIpc) is 2.36. The number of hydrogen-bond donors (Lipinski definition) is 2. The fraction of sp³-hybridized carbons (Fsp3) is 0.0769. The molecule has 0 aliphatic carbocycles. The molecule has 2 rings (SSSR count). The van der Waals surface area contributed by atoms with Gasteiger partial charge < -0.3 is 5.73 Å². The van der Waals surface area contributed by atoms with Crippen molar-refractivity contribution in [1.29, 1.82) is 0 Å². The van der Waals surface area contributed by atoms with E-state index in [2.05, 4.69) is 20.7 Å². The van der Waals surface area contributed by atoms with Gasteiger partial charge in [0.15, 0.2) is 0 Å². The second-order valence-corrected chi connectivity index (χ2v) is 6.79. The van der Waals surface area contributed by atoms with E-state index in [1.807, 2.05) is 0 Å². The van der Waals surface area contributed by atoms with Gasteiger partial charge in [-0.3, -0.25) is 4.72 Å².